The van der Waals surface area contributed by atoms with E-state index in [-0.39, 0.29) is 11.8 Å². The van der Waals surface area contributed by atoms with Gasteiger partial charge in [0.05, 0.1) is 5.56 Å². The fourth-order valence-electron chi connectivity index (χ4n) is 1.82. The summed E-state index contributed by atoms with van der Waals surface area (Å²) in [5.74, 6) is 0.371. The van der Waals surface area contributed by atoms with E-state index in [9.17, 15) is 4.39 Å². The molecule has 5 nitrogen and oxygen atoms in total. The molecule has 0 aliphatic carbocycles. The average molecular weight is 340 g/mol. The van der Waals surface area contributed by atoms with Crippen molar-refractivity contribution >= 4 is 27.8 Å². The Kier molecular flexibility index (Phi) is 4.49. The first kappa shape index (κ1) is 14.6. The summed E-state index contributed by atoms with van der Waals surface area (Å²) in [5.41, 5.74) is 6.00. The van der Waals surface area contributed by atoms with E-state index >= 15 is 0 Å². The van der Waals surface area contributed by atoms with Crippen LogP contribution in [0, 0.1) is 5.82 Å². The number of halogens is 2. The van der Waals surface area contributed by atoms with E-state index in [1.807, 2.05) is 18.7 Å². The van der Waals surface area contributed by atoms with Crippen molar-refractivity contribution in [3.8, 4) is 11.4 Å². The van der Waals surface area contributed by atoms with Gasteiger partial charge in [0.2, 0.25) is 11.9 Å². The molecule has 0 amide bonds. The number of anilines is 2. The second-order valence-corrected chi connectivity index (χ2v) is 5.03. The highest BCUT2D eigenvalue weighted by Crippen LogP contribution is 2.25. The smallest absolute Gasteiger partial charge is 0.230 e. The Labute approximate surface area is 125 Å². The average Bonchev–Trinajstić information content (AvgIpc) is 2.42. The lowest BCUT2D eigenvalue weighted by Crippen LogP contribution is -2.25. The van der Waals surface area contributed by atoms with Crippen LogP contribution in [0.2, 0.25) is 0 Å². The topological polar surface area (TPSA) is 67.9 Å². The van der Waals surface area contributed by atoms with E-state index in [1.54, 1.807) is 12.1 Å². The normalized spacial score (nSPS) is 10.6. The van der Waals surface area contributed by atoms with Crippen molar-refractivity contribution in [1.82, 2.24) is 15.0 Å². The number of aromatic nitrogens is 3. The molecule has 2 aromatic rings. The van der Waals surface area contributed by atoms with E-state index in [4.69, 9.17) is 5.73 Å². The van der Waals surface area contributed by atoms with Gasteiger partial charge in [-0.1, -0.05) is 15.9 Å². The summed E-state index contributed by atoms with van der Waals surface area (Å²) in [6.45, 7) is 5.45. The van der Waals surface area contributed by atoms with Crippen LogP contribution in [0.15, 0.2) is 22.7 Å². The van der Waals surface area contributed by atoms with Gasteiger partial charge in [-0.15, -0.1) is 0 Å². The first-order chi connectivity index (χ1) is 9.55. The van der Waals surface area contributed by atoms with Gasteiger partial charge < -0.3 is 10.6 Å². The van der Waals surface area contributed by atoms with Crippen molar-refractivity contribution in [2.24, 2.45) is 0 Å². The van der Waals surface area contributed by atoms with E-state index in [0.29, 0.717) is 11.5 Å². The van der Waals surface area contributed by atoms with Crippen LogP contribution in [0.25, 0.3) is 11.4 Å². The second kappa shape index (κ2) is 6.13. The molecule has 0 spiro atoms. The van der Waals surface area contributed by atoms with Crippen LogP contribution in [0.4, 0.5) is 16.3 Å². The summed E-state index contributed by atoms with van der Waals surface area (Å²) in [6.07, 6.45) is 0. The van der Waals surface area contributed by atoms with E-state index in [0.717, 1.165) is 17.6 Å². The van der Waals surface area contributed by atoms with Crippen LogP contribution in [0.1, 0.15) is 13.8 Å². The van der Waals surface area contributed by atoms with Gasteiger partial charge in [0.15, 0.2) is 5.82 Å². The van der Waals surface area contributed by atoms with Crippen molar-refractivity contribution < 1.29 is 4.39 Å². The zero-order valence-electron chi connectivity index (χ0n) is 11.3. The molecule has 0 aliphatic heterocycles. The maximum Gasteiger partial charge on any atom is 0.230 e. The fourth-order valence-corrected chi connectivity index (χ4v) is 2.18. The number of benzene rings is 1. The summed E-state index contributed by atoms with van der Waals surface area (Å²) in [6, 6.07) is 4.60. The van der Waals surface area contributed by atoms with Crippen molar-refractivity contribution in [2.45, 2.75) is 13.8 Å². The minimum Gasteiger partial charge on any atom is -0.368 e. The Morgan fingerprint density at radius 3 is 2.55 bits per heavy atom. The molecular formula is C13H15BrFN5. The Morgan fingerprint density at radius 1 is 1.20 bits per heavy atom. The highest BCUT2D eigenvalue weighted by atomic mass is 79.9. The Bertz CT molecular complexity index is 616. The van der Waals surface area contributed by atoms with Crippen molar-refractivity contribution in [3.05, 3.63) is 28.5 Å². The number of nitrogens with zero attached hydrogens (tertiary/aromatic N) is 4. The van der Waals surface area contributed by atoms with Crippen molar-refractivity contribution in [3.63, 3.8) is 0 Å². The van der Waals surface area contributed by atoms with E-state index < -0.39 is 5.82 Å². The largest absolute Gasteiger partial charge is 0.368 e. The number of hydrogen-bond donors (Lipinski definition) is 1. The first-order valence-corrected chi connectivity index (χ1v) is 7.06. The van der Waals surface area contributed by atoms with Crippen molar-refractivity contribution in [1.29, 1.82) is 0 Å². The first-order valence-electron chi connectivity index (χ1n) is 6.27. The molecule has 0 aliphatic rings. The molecule has 0 unspecified atom stereocenters. The Morgan fingerprint density at radius 2 is 1.90 bits per heavy atom. The molecule has 1 heterocycles. The van der Waals surface area contributed by atoms with Gasteiger partial charge in [-0.05, 0) is 32.0 Å². The third-order valence-electron chi connectivity index (χ3n) is 2.86. The Balaban J connectivity index is 2.54. The van der Waals surface area contributed by atoms with Gasteiger partial charge in [0, 0.05) is 17.6 Å². The number of rotatable bonds is 4. The zero-order chi connectivity index (χ0) is 14.7. The van der Waals surface area contributed by atoms with E-state index in [1.165, 1.54) is 6.07 Å². The summed E-state index contributed by atoms with van der Waals surface area (Å²) < 4.78 is 14.7. The summed E-state index contributed by atoms with van der Waals surface area (Å²) in [7, 11) is 0. The molecule has 1 aromatic carbocycles. The summed E-state index contributed by atoms with van der Waals surface area (Å²) in [4.78, 5) is 14.4. The van der Waals surface area contributed by atoms with Crippen LogP contribution in [0.5, 0.6) is 0 Å². The molecule has 106 valence electrons. The summed E-state index contributed by atoms with van der Waals surface area (Å²) >= 11 is 3.31. The molecule has 7 heteroatoms. The number of hydrogen-bond acceptors (Lipinski definition) is 5. The molecule has 0 radical (unpaired) electrons. The molecule has 0 saturated heterocycles. The Hall–Kier alpha value is -1.76. The monoisotopic (exact) mass is 339 g/mol. The lowest BCUT2D eigenvalue weighted by molar-refractivity contribution is 0.629. The molecule has 2 rings (SSSR count). The third kappa shape index (κ3) is 3.04. The van der Waals surface area contributed by atoms with Crippen LogP contribution < -0.4 is 10.6 Å². The number of nitrogen functional groups attached to an aromatic ring is 1. The lowest BCUT2D eigenvalue weighted by atomic mass is 10.2. The highest BCUT2D eigenvalue weighted by Gasteiger charge is 2.14. The quantitative estimate of drug-likeness (QED) is 0.927. The minimum atomic E-state index is -0.399. The van der Waals surface area contributed by atoms with E-state index in [2.05, 4.69) is 30.9 Å². The van der Waals surface area contributed by atoms with Crippen LogP contribution >= 0.6 is 15.9 Å². The number of nitrogens with two attached hydrogens (primary N) is 1. The predicted octanol–water partition coefficient (Wildman–Crippen LogP) is 2.87. The standard InChI is InChI=1S/C13H15BrFN5/c1-3-20(4-2)13-18-11(17-12(16)19-13)9-7-8(14)5-6-10(9)15/h5-7H,3-4H2,1-2H3,(H2,16,17,18,19). The molecule has 0 bridgehead atoms. The maximum absolute atomic E-state index is 13.9. The highest BCUT2D eigenvalue weighted by molar-refractivity contribution is 9.10. The summed E-state index contributed by atoms with van der Waals surface area (Å²) in [5, 5.41) is 0. The van der Waals surface area contributed by atoms with Crippen LogP contribution in [-0.4, -0.2) is 28.0 Å². The van der Waals surface area contributed by atoms with Gasteiger partial charge in [-0.2, -0.15) is 15.0 Å². The fraction of sp³-hybridized carbons (Fsp3) is 0.308. The van der Waals surface area contributed by atoms with Gasteiger partial charge in [0.1, 0.15) is 5.82 Å². The van der Waals surface area contributed by atoms with Crippen molar-refractivity contribution in [2.75, 3.05) is 23.7 Å². The molecule has 20 heavy (non-hydrogen) atoms. The SMILES string of the molecule is CCN(CC)c1nc(N)nc(-c2cc(Br)ccc2F)n1. The molecule has 0 atom stereocenters. The minimum absolute atomic E-state index is 0.0799. The predicted molar refractivity (Wildman–Crippen MR) is 80.9 cm³/mol. The maximum atomic E-state index is 13.9. The lowest BCUT2D eigenvalue weighted by Gasteiger charge is -2.19. The van der Waals surface area contributed by atoms with Crippen LogP contribution in [-0.2, 0) is 0 Å². The second-order valence-electron chi connectivity index (χ2n) is 4.11. The van der Waals surface area contributed by atoms with Gasteiger partial charge in [0.25, 0.3) is 0 Å². The van der Waals surface area contributed by atoms with Crippen LogP contribution in [0.3, 0.4) is 0 Å². The molecular weight excluding hydrogens is 325 g/mol. The van der Waals surface area contributed by atoms with Gasteiger partial charge in [-0.25, -0.2) is 4.39 Å². The third-order valence-corrected chi connectivity index (χ3v) is 3.35. The molecule has 2 N–H and O–H groups in total. The molecule has 1 aromatic heterocycles. The zero-order valence-corrected chi connectivity index (χ0v) is 12.9. The molecule has 0 saturated carbocycles. The van der Waals surface area contributed by atoms with Gasteiger partial charge >= 0.3 is 0 Å². The molecule has 0 fully saturated rings. The van der Waals surface area contributed by atoms with Gasteiger partial charge in [-0.3, -0.25) is 0 Å².